The van der Waals surface area contributed by atoms with Crippen LogP contribution >= 0.6 is 0 Å². The van der Waals surface area contributed by atoms with Gasteiger partial charge in [-0.25, -0.2) is 0 Å². The summed E-state index contributed by atoms with van der Waals surface area (Å²) in [5, 5.41) is 12.9. The third-order valence-electron chi connectivity index (χ3n) is 3.69. The lowest BCUT2D eigenvalue weighted by atomic mass is 9.99. The van der Waals surface area contributed by atoms with Gasteiger partial charge in [-0.3, -0.25) is 4.79 Å². The Morgan fingerprint density at radius 1 is 1.29 bits per heavy atom. The Kier molecular flexibility index (Phi) is 4.48. The third kappa shape index (κ3) is 3.34. The molecule has 0 aliphatic rings. The summed E-state index contributed by atoms with van der Waals surface area (Å²) < 4.78 is 1.85. The van der Waals surface area contributed by atoms with Crippen LogP contribution in [0, 0.1) is 20.8 Å². The molecule has 0 radical (unpaired) electrons. The maximum Gasteiger partial charge on any atom is 0.251 e. The van der Waals surface area contributed by atoms with Crippen molar-refractivity contribution in [3.63, 3.8) is 0 Å². The zero-order chi connectivity index (χ0) is 15.6. The van der Waals surface area contributed by atoms with Gasteiger partial charge in [0.15, 0.2) is 0 Å². The van der Waals surface area contributed by atoms with Crippen LogP contribution in [0.5, 0.6) is 0 Å². The molecule has 1 unspecified atom stereocenters. The van der Waals surface area contributed by atoms with E-state index in [0.29, 0.717) is 5.56 Å². The van der Waals surface area contributed by atoms with Crippen LogP contribution in [0.1, 0.15) is 38.8 Å². The van der Waals surface area contributed by atoms with E-state index in [9.17, 15) is 9.90 Å². The molecule has 0 aliphatic heterocycles. The lowest BCUT2D eigenvalue weighted by Crippen LogP contribution is -2.30. The Morgan fingerprint density at radius 2 is 1.90 bits per heavy atom. The first-order valence-corrected chi connectivity index (χ1v) is 7.05. The number of aliphatic hydroxyl groups is 1. The molecule has 4 heteroatoms. The van der Waals surface area contributed by atoms with Crippen molar-refractivity contribution in [2.75, 3.05) is 6.54 Å². The highest BCUT2D eigenvalue weighted by atomic mass is 16.3. The van der Waals surface area contributed by atoms with Crippen LogP contribution in [-0.2, 0) is 7.05 Å². The highest BCUT2D eigenvalue weighted by Gasteiger charge is 2.16. The molecule has 2 aromatic rings. The molecule has 1 aromatic carbocycles. The van der Waals surface area contributed by atoms with Gasteiger partial charge in [-0.15, -0.1) is 0 Å². The minimum atomic E-state index is -0.708. The Morgan fingerprint density at radius 3 is 2.43 bits per heavy atom. The number of aliphatic hydroxyl groups excluding tert-OH is 1. The minimum absolute atomic E-state index is 0.141. The normalized spacial score (nSPS) is 12.2. The molecule has 2 N–H and O–H groups in total. The number of hydrogen-bond donors (Lipinski definition) is 2. The number of aromatic nitrogens is 1. The van der Waals surface area contributed by atoms with E-state index in [-0.39, 0.29) is 12.5 Å². The molecular weight excluding hydrogens is 264 g/mol. The van der Waals surface area contributed by atoms with E-state index in [1.807, 2.05) is 62.8 Å². The highest BCUT2D eigenvalue weighted by molar-refractivity contribution is 5.97. The van der Waals surface area contributed by atoms with Crippen LogP contribution in [0.3, 0.4) is 0 Å². The number of amides is 1. The van der Waals surface area contributed by atoms with E-state index >= 15 is 0 Å². The number of carbonyl (C=O) groups excluding carboxylic acids is 1. The number of rotatable bonds is 4. The zero-order valence-electron chi connectivity index (χ0n) is 13.0. The van der Waals surface area contributed by atoms with Crippen molar-refractivity contribution in [2.24, 2.45) is 7.05 Å². The van der Waals surface area contributed by atoms with Crippen molar-refractivity contribution in [1.29, 1.82) is 0 Å². The van der Waals surface area contributed by atoms with Crippen molar-refractivity contribution < 1.29 is 9.90 Å². The van der Waals surface area contributed by atoms with Gasteiger partial charge in [-0.1, -0.05) is 17.7 Å². The predicted molar refractivity (Wildman–Crippen MR) is 83.4 cm³/mol. The molecule has 4 nitrogen and oxygen atoms in total. The average molecular weight is 286 g/mol. The molecule has 0 saturated heterocycles. The van der Waals surface area contributed by atoms with Crippen molar-refractivity contribution in [2.45, 2.75) is 26.9 Å². The lowest BCUT2D eigenvalue weighted by Gasteiger charge is -2.15. The molecule has 0 saturated carbocycles. The highest BCUT2D eigenvalue weighted by Crippen LogP contribution is 2.17. The summed E-state index contributed by atoms with van der Waals surface area (Å²) in [6, 6.07) is 7.71. The maximum absolute atomic E-state index is 12.3. The van der Waals surface area contributed by atoms with Crippen LogP contribution in [0.15, 0.2) is 30.5 Å². The fourth-order valence-corrected chi connectivity index (χ4v) is 2.74. The smallest absolute Gasteiger partial charge is 0.251 e. The molecule has 1 heterocycles. The average Bonchev–Trinajstić information content (AvgIpc) is 2.81. The summed E-state index contributed by atoms with van der Waals surface area (Å²) in [6.45, 7) is 6.08. The Hall–Kier alpha value is -2.07. The standard InChI is InChI=1S/C17H22N2O2/c1-11-8-12(2)16(13(3)9-11)17(21)18-10-15(20)14-6-5-7-19(14)4/h5-9,15,20H,10H2,1-4H3,(H,18,21). The van der Waals surface area contributed by atoms with Gasteiger partial charge >= 0.3 is 0 Å². The van der Waals surface area contributed by atoms with Gasteiger partial charge in [0.1, 0.15) is 6.10 Å². The first kappa shape index (κ1) is 15.3. The lowest BCUT2D eigenvalue weighted by molar-refractivity contribution is 0.0911. The summed E-state index contributed by atoms with van der Waals surface area (Å²) >= 11 is 0. The summed E-state index contributed by atoms with van der Waals surface area (Å²) in [5.74, 6) is -0.141. The largest absolute Gasteiger partial charge is 0.385 e. The topological polar surface area (TPSA) is 54.3 Å². The molecule has 1 aromatic heterocycles. The van der Waals surface area contributed by atoms with Crippen LogP contribution in [0.2, 0.25) is 0 Å². The monoisotopic (exact) mass is 286 g/mol. The van der Waals surface area contributed by atoms with Gasteiger partial charge in [0.2, 0.25) is 0 Å². The van der Waals surface area contributed by atoms with Crippen molar-refractivity contribution in [1.82, 2.24) is 9.88 Å². The number of nitrogens with zero attached hydrogens (tertiary/aromatic N) is 1. The number of nitrogens with one attached hydrogen (secondary N) is 1. The van der Waals surface area contributed by atoms with Crippen LogP contribution in [0.25, 0.3) is 0 Å². The van der Waals surface area contributed by atoms with Crippen molar-refractivity contribution in [3.05, 3.63) is 58.4 Å². The van der Waals surface area contributed by atoms with Crippen LogP contribution < -0.4 is 5.32 Å². The van der Waals surface area contributed by atoms with E-state index < -0.39 is 6.10 Å². The SMILES string of the molecule is Cc1cc(C)c(C(=O)NCC(O)c2cccn2C)c(C)c1. The van der Waals surface area contributed by atoms with E-state index in [1.54, 1.807) is 0 Å². The zero-order valence-corrected chi connectivity index (χ0v) is 13.0. The van der Waals surface area contributed by atoms with E-state index in [2.05, 4.69) is 5.32 Å². The second-order valence-corrected chi connectivity index (χ2v) is 5.54. The summed E-state index contributed by atoms with van der Waals surface area (Å²) in [5.41, 5.74) is 4.54. The fraction of sp³-hybridized carbons (Fsp3) is 0.353. The molecule has 0 bridgehead atoms. The number of benzene rings is 1. The Bertz CT molecular complexity index is 636. The van der Waals surface area contributed by atoms with Gasteiger partial charge in [0.05, 0.1) is 0 Å². The maximum atomic E-state index is 12.3. The van der Waals surface area contributed by atoms with Gasteiger partial charge in [-0.05, 0) is 44.0 Å². The van der Waals surface area contributed by atoms with Crippen LogP contribution in [-0.4, -0.2) is 22.1 Å². The molecule has 1 amide bonds. The Balaban J connectivity index is 2.08. The number of carbonyl (C=O) groups is 1. The predicted octanol–water partition coefficient (Wildman–Crippen LogP) is 2.41. The van der Waals surface area contributed by atoms with Crippen LogP contribution in [0.4, 0.5) is 0 Å². The van der Waals surface area contributed by atoms with Gasteiger partial charge in [0.25, 0.3) is 5.91 Å². The molecule has 21 heavy (non-hydrogen) atoms. The molecule has 112 valence electrons. The second-order valence-electron chi connectivity index (χ2n) is 5.54. The van der Waals surface area contributed by atoms with Crippen molar-refractivity contribution >= 4 is 5.91 Å². The van der Waals surface area contributed by atoms with Crippen molar-refractivity contribution in [3.8, 4) is 0 Å². The minimum Gasteiger partial charge on any atom is -0.385 e. The summed E-state index contributed by atoms with van der Waals surface area (Å²) in [4.78, 5) is 12.3. The molecule has 1 atom stereocenters. The first-order chi connectivity index (χ1) is 9.90. The third-order valence-corrected chi connectivity index (χ3v) is 3.69. The number of aryl methyl sites for hydroxylation is 4. The van der Waals surface area contributed by atoms with Gasteiger partial charge in [-0.2, -0.15) is 0 Å². The molecule has 0 spiro atoms. The number of hydrogen-bond acceptors (Lipinski definition) is 2. The first-order valence-electron chi connectivity index (χ1n) is 7.05. The second kappa shape index (κ2) is 6.14. The quantitative estimate of drug-likeness (QED) is 0.907. The van der Waals surface area contributed by atoms with E-state index in [0.717, 1.165) is 22.4 Å². The van der Waals surface area contributed by atoms with Gasteiger partial charge < -0.3 is 15.0 Å². The molecule has 0 aliphatic carbocycles. The summed E-state index contributed by atoms with van der Waals surface area (Å²) in [6.07, 6.45) is 1.16. The Labute approximate surface area is 125 Å². The summed E-state index contributed by atoms with van der Waals surface area (Å²) in [7, 11) is 1.87. The van der Waals surface area contributed by atoms with Gasteiger partial charge in [0, 0.05) is 31.0 Å². The fourth-order valence-electron chi connectivity index (χ4n) is 2.74. The molecule has 0 fully saturated rings. The van der Waals surface area contributed by atoms with E-state index in [4.69, 9.17) is 0 Å². The molecule has 2 rings (SSSR count). The molecular formula is C17H22N2O2. The van der Waals surface area contributed by atoms with E-state index in [1.165, 1.54) is 0 Å².